The molecule has 13 heavy (non-hydrogen) atoms. The lowest BCUT2D eigenvalue weighted by Gasteiger charge is -1.93. The number of hydrogen-bond donors (Lipinski definition) is 1. The van der Waals surface area contributed by atoms with E-state index in [4.69, 9.17) is 0 Å². The van der Waals surface area contributed by atoms with Crippen molar-refractivity contribution in [3.63, 3.8) is 0 Å². The van der Waals surface area contributed by atoms with Crippen LogP contribution in [-0.4, -0.2) is 14.5 Å². The zero-order valence-electron chi connectivity index (χ0n) is 7.27. The van der Waals surface area contributed by atoms with Gasteiger partial charge in [0.15, 0.2) is 5.82 Å². The van der Waals surface area contributed by atoms with Crippen molar-refractivity contribution in [2.75, 3.05) is 0 Å². The molecule has 0 atom stereocenters. The molecule has 2 rings (SSSR count). The van der Waals surface area contributed by atoms with Crippen molar-refractivity contribution in [2.24, 2.45) is 0 Å². The third kappa shape index (κ3) is 1.54. The van der Waals surface area contributed by atoms with Gasteiger partial charge in [-0.1, -0.05) is 6.08 Å². The molecule has 0 saturated carbocycles. The Morgan fingerprint density at radius 2 is 2.23 bits per heavy atom. The minimum absolute atomic E-state index is 0.779. The first-order valence-electron chi connectivity index (χ1n) is 4.18. The Morgan fingerprint density at radius 1 is 1.46 bits per heavy atom. The Labute approximate surface area is 76.7 Å². The van der Waals surface area contributed by atoms with Gasteiger partial charge in [-0.25, -0.2) is 4.98 Å². The Hall–Kier alpha value is -1.77. The molecule has 0 saturated heterocycles. The number of nitrogens with zero attached hydrogens (tertiary/aromatic N) is 2. The van der Waals surface area contributed by atoms with E-state index < -0.39 is 0 Å². The monoisotopic (exact) mass is 173 g/mol. The number of allylic oxidation sites excluding steroid dienone is 1. The maximum absolute atomic E-state index is 4.38. The van der Waals surface area contributed by atoms with E-state index in [1.54, 1.807) is 0 Å². The molecule has 1 N–H and O–H groups in total. The fourth-order valence-corrected chi connectivity index (χ4v) is 1.21. The highest BCUT2D eigenvalue weighted by Crippen LogP contribution is 2.05. The van der Waals surface area contributed by atoms with Crippen LogP contribution in [0.3, 0.4) is 0 Å². The molecule has 0 amide bonds. The number of H-pyrrole nitrogens is 1. The molecule has 0 aliphatic heterocycles. The highest BCUT2D eigenvalue weighted by Gasteiger charge is 1.99. The highest BCUT2D eigenvalue weighted by atomic mass is 15.1. The van der Waals surface area contributed by atoms with Gasteiger partial charge in [-0.15, -0.1) is 6.58 Å². The molecule has 0 spiro atoms. The van der Waals surface area contributed by atoms with E-state index in [2.05, 4.69) is 16.5 Å². The first kappa shape index (κ1) is 7.86. The number of hydrogen-bond acceptors (Lipinski definition) is 1. The molecule has 2 aromatic heterocycles. The quantitative estimate of drug-likeness (QED) is 0.707. The summed E-state index contributed by atoms with van der Waals surface area (Å²) in [4.78, 5) is 7.47. The average Bonchev–Trinajstić information content (AvgIpc) is 2.70. The number of nitrogens with one attached hydrogen (secondary N) is 1. The lowest BCUT2D eigenvalue weighted by Crippen LogP contribution is -1.90. The van der Waals surface area contributed by atoms with Crippen molar-refractivity contribution < 1.29 is 0 Å². The van der Waals surface area contributed by atoms with Gasteiger partial charge in [-0.05, 0) is 12.1 Å². The van der Waals surface area contributed by atoms with Gasteiger partial charge in [-0.2, -0.15) is 0 Å². The topological polar surface area (TPSA) is 33.6 Å². The van der Waals surface area contributed by atoms with Crippen molar-refractivity contribution in [1.82, 2.24) is 14.5 Å². The number of rotatable bonds is 3. The Balaban J connectivity index is 2.28. The number of imidazole rings is 1. The lowest BCUT2D eigenvalue weighted by molar-refractivity contribution is 0.993. The van der Waals surface area contributed by atoms with Gasteiger partial charge < -0.3 is 9.55 Å². The van der Waals surface area contributed by atoms with Crippen LogP contribution in [0.1, 0.15) is 5.82 Å². The fraction of sp³-hybridized carbons (Fsp3) is 0.100. The molecule has 0 unspecified atom stereocenters. The highest BCUT2D eigenvalue weighted by molar-refractivity contribution is 5.21. The van der Waals surface area contributed by atoms with Gasteiger partial charge in [-0.3, -0.25) is 0 Å². The zero-order chi connectivity index (χ0) is 9.10. The number of aromatic amines is 1. The normalized spacial score (nSPS) is 10.2. The first-order valence-corrected chi connectivity index (χ1v) is 4.18. The van der Waals surface area contributed by atoms with Gasteiger partial charge in [0.25, 0.3) is 0 Å². The summed E-state index contributed by atoms with van der Waals surface area (Å²) in [5.41, 5.74) is 0. The molecular weight excluding hydrogens is 162 g/mol. The van der Waals surface area contributed by atoms with Gasteiger partial charge in [0.05, 0.1) is 0 Å². The summed E-state index contributed by atoms with van der Waals surface area (Å²) in [6.07, 6.45) is 8.43. The van der Waals surface area contributed by atoms with Crippen molar-refractivity contribution in [2.45, 2.75) is 6.42 Å². The molecule has 0 aromatic carbocycles. The first-order chi connectivity index (χ1) is 6.40. The summed E-state index contributed by atoms with van der Waals surface area (Å²) in [5.74, 6) is 1.86. The van der Waals surface area contributed by atoms with E-state index in [0.717, 1.165) is 18.1 Å². The smallest absolute Gasteiger partial charge is 0.154 e. The van der Waals surface area contributed by atoms with Gasteiger partial charge in [0, 0.05) is 25.0 Å². The maximum atomic E-state index is 4.38. The molecule has 0 bridgehead atoms. The van der Waals surface area contributed by atoms with Crippen LogP contribution in [0.2, 0.25) is 0 Å². The summed E-state index contributed by atoms with van der Waals surface area (Å²) >= 11 is 0. The molecule has 0 aliphatic carbocycles. The largest absolute Gasteiger partial charge is 0.346 e. The zero-order valence-corrected chi connectivity index (χ0v) is 7.27. The Morgan fingerprint density at radius 3 is 2.92 bits per heavy atom. The summed E-state index contributed by atoms with van der Waals surface area (Å²) in [6.45, 7) is 3.66. The molecule has 0 radical (unpaired) electrons. The predicted octanol–water partition coefficient (Wildman–Crippen LogP) is 1.93. The summed E-state index contributed by atoms with van der Waals surface area (Å²) in [6, 6.07) is 3.95. The minimum atomic E-state index is 0.779. The molecule has 3 nitrogen and oxygen atoms in total. The number of aromatic nitrogens is 3. The van der Waals surface area contributed by atoms with Gasteiger partial charge in [0.1, 0.15) is 5.82 Å². The van der Waals surface area contributed by atoms with Crippen LogP contribution in [0.4, 0.5) is 0 Å². The molecular formula is C10H11N3. The van der Waals surface area contributed by atoms with Crippen LogP contribution in [0.15, 0.2) is 43.4 Å². The average molecular weight is 173 g/mol. The molecule has 2 aromatic rings. The molecule has 3 heteroatoms. The van der Waals surface area contributed by atoms with E-state index in [1.807, 2.05) is 41.4 Å². The van der Waals surface area contributed by atoms with Crippen molar-refractivity contribution in [1.29, 1.82) is 0 Å². The second-order valence-corrected chi connectivity index (χ2v) is 2.79. The van der Waals surface area contributed by atoms with Crippen LogP contribution in [0, 0.1) is 0 Å². The van der Waals surface area contributed by atoms with E-state index in [9.17, 15) is 0 Å². The van der Waals surface area contributed by atoms with Crippen molar-refractivity contribution in [3.8, 4) is 5.82 Å². The lowest BCUT2D eigenvalue weighted by atomic mass is 10.4. The second-order valence-electron chi connectivity index (χ2n) is 2.79. The van der Waals surface area contributed by atoms with Crippen molar-refractivity contribution in [3.05, 3.63) is 49.2 Å². The van der Waals surface area contributed by atoms with Crippen LogP contribution >= 0.6 is 0 Å². The third-order valence-electron chi connectivity index (χ3n) is 1.82. The van der Waals surface area contributed by atoms with Gasteiger partial charge >= 0.3 is 0 Å². The Kier molecular flexibility index (Phi) is 2.00. The second kappa shape index (κ2) is 3.31. The van der Waals surface area contributed by atoms with Crippen LogP contribution < -0.4 is 0 Å². The Bertz CT molecular complexity index is 384. The fourth-order valence-electron chi connectivity index (χ4n) is 1.21. The van der Waals surface area contributed by atoms with E-state index in [1.165, 1.54) is 0 Å². The van der Waals surface area contributed by atoms with Gasteiger partial charge in [0.2, 0.25) is 0 Å². The van der Waals surface area contributed by atoms with Crippen LogP contribution in [-0.2, 0) is 6.42 Å². The van der Waals surface area contributed by atoms with Crippen LogP contribution in [0.5, 0.6) is 0 Å². The van der Waals surface area contributed by atoms with E-state index >= 15 is 0 Å². The molecule has 0 aliphatic rings. The van der Waals surface area contributed by atoms with Crippen LogP contribution in [0.25, 0.3) is 5.82 Å². The summed E-state index contributed by atoms with van der Waals surface area (Å²) < 4.78 is 1.96. The predicted molar refractivity (Wildman–Crippen MR) is 51.8 cm³/mol. The SMILES string of the molecule is C=CCc1nc(-n2cccc2)c[nH]1. The molecule has 66 valence electrons. The standard InChI is InChI=1S/C10H11N3/c1-2-5-9-11-8-10(12-9)13-6-3-4-7-13/h2-4,6-8H,1,5H2,(H,11,12). The summed E-state index contributed by atoms with van der Waals surface area (Å²) in [5, 5.41) is 0. The van der Waals surface area contributed by atoms with Crippen molar-refractivity contribution >= 4 is 0 Å². The maximum Gasteiger partial charge on any atom is 0.154 e. The molecule has 2 heterocycles. The van der Waals surface area contributed by atoms with E-state index in [-0.39, 0.29) is 0 Å². The molecule has 0 fully saturated rings. The van der Waals surface area contributed by atoms with E-state index in [0.29, 0.717) is 0 Å². The summed E-state index contributed by atoms with van der Waals surface area (Å²) in [7, 11) is 0. The minimum Gasteiger partial charge on any atom is -0.346 e. The third-order valence-corrected chi connectivity index (χ3v) is 1.82.